The molecule has 0 bridgehead atoms. The number of amides is 1. The molecule has 1 fully saturated rings. The lowest BCUT2D eigenvalue weighted by molar-refractivity contribution is -0.138. The SMILES string of the molecule is CC1(c2ccc(C(F)(F)F)cc2)CCCN1C(=O)Cc1ccc(N)cn1. The second-order valence-electron chi connectivity index (χ2n) is 6.76. The number of nitrogen functional groups attached to an aromatic ring is 1. The molecule has 1 amide bonds. The number of anilines is 1. The molecule has 7 heteroatoms. The zero-order chi connectivity index (χ0) is 18.9. The summed E-state index contributed by atoms with van der Waals surface area (Å²) >= 11 is 0. The molecule has 0 radical (unpaired) electrons. The zero-order valence-electron chi connectivity index (χ0n) is 14.4. The van der Waals surface area contributed by atoms with Crippen LogP contribution in [0.4, 0.5) is 18.9 Å². The third kappa shape index (κ3) is 3.52. The summed E-state index contributed by atoms with van der Waals surface area (Å²) in [4.78, 5) is 18.7. The number of nitrogens with two attached hydrogens (primary N) is 1. The number of carbonyl (C=O) groups is 1. The van der Waals surface area contributed by atoms with Crippen LogP contribution in [0.25, 0.3) is 0 Å². The molecule has 1 aromatic carbocycles. The van der Waals surface area contributed by atoms with Gasteiger partial charge in [0.15, 0.2) is 0 Å². The molecule has 0 saturated carbocycles. The summed E-state index contributed by atoms with van der Waals surface area (Å²) in [6.07, 6.45) is -1.22. The van der Waals surface area contributed by atoms with Crippen molar-refractivity contribution in [2.24, 2.45) is 0 Å². The predicted molar refractivity (Wildman–Crippen MR) is 92.1 cm³/mol. The second-order valence-corrected chi connectivity index (χ2v) is 6.76. The molecule has 1 aromatic heterocycles. The first-order valence-electron chi connectivity index (χ1n) is 8.39. The standard InChI is InChI=1S/C19H20F3N3O/c1-18(13-3-5-14(6-4-13)19(20,21)22)9-2-10-25(18)17(26)11-16-8-7-15(23)12-24-16/h3-8,12H,2,9-11,23H2,1H3. The van der Waals surface area contributed by atoms with Gasteiger partial charge in [0.25, 0.3) is 0 Å². The summed E-state index contributed by atoms with van der Waals surface area (Å²) in [6, 6.07) is 8.48. The zero-order valence-corrected chi connectivity index (χ0v) is 14.4. The predicted octanol–water partition coefficient (Wildman–Crippen LogP) is 3.76. The van der Waals surface area contributed by atoms with E-state index in [0.29, 0.717) is 29.9 Å². The molecular weight excluding hydrogens is 343 g/mol. The first-order chi connectivity index (χ1) is 12.2. The van der Waals surface area contributed by atoms with Crippen LogP contribution < -0.4 is 5.73 Å². The van der Waals surface area contributed by atoms with Gasteiger partial charge in [-0.3, -0.25) is 9.78 Å². The van der Waals surface area contributed by atoms with E-state index < -0.39 is 17.3 Å². The van der Waals surface area contributed by atoms with Crippen LogP contribution in [0, 0.1) is 0 Å². The molecular formula is C19H20F3N3O. The first-order valence-corrected chi connectivity index (χ1v) is 8.39. The fourth-order valence-electron chi connectivity index (χ4n) is 3.47. The van der Waals surface area contributed by atoms with Gasteiger partial charge in [0.05, 0.1) is 29.4 Å². The Hall–Kier alpha value is -2.57. The number of hydrogen-bond acceptors (Lipinski definition) is 3. The minimum atomic E-state index is -4.37. The highest BCUT2D eigenvalue weighted by Crippen LogP contribution is 2.40. The third-order valence-electron chi connectivity index (χ3n) is 4.96. The Morgan fingerprint density at radius 3 is 2.50 bits per heavy atom. The Labute approximate surface area is 149 Å². The Balaban J connectivity index is 1.81. The number of halogens is 3. The molecule has 2 N–H and O–H groups in total. The summed E-state index contributed by atoms with van der Waals surface area (Å²) in [5, 5.41) is 0. The van der Waals surface area contributed by atoms with Gasteiger partial charge in [-0.05, 0) is 49.6 Å². The van der Waals surface area contributed by atoms with Crippen LogP contribution in [0.5, 0.6) is 0 Å². The minimum Gasteiger partial charge on any atom is -0.397 e. The molecule has 26 heavy (non-hydrogen) atoms. The molecule has 0 aliphatic carbocycles. The molecule has 1 aliphatic rings. The van der Waals surface area contributed by atoms with Crippen molar-refractivity contribution in [3.05, 3.63) is 59.4 Å². The lowest BCUT2D eigenvalue weighted by Gasteiger charge is -2.36. The molecule has 0 spiro atoms. The number of hydrogen-bond donors (Lipinski definition) is 1. The average molecular weight is 363 g/mol. The van der Waals surface area contributed by atoms with Crippen LogP contribution in [-0.4, -0.2) is 22.3 Å². The Bertz CT molecular complexity index is 787. The number of carbonyl (C=O) groups excluding carboxylic acids is 1. The van der Waals surface area contributed by atoms with Gasteiger partial charge < -0.3 is 10.6 Å². The van der Waals surface area contributed by atoms with Crippen LogP contribution in [0.1, 0.15) is 36.6 Å². The van der Waals surface area contributed by atoms with Gasteiger partial charge in [-0.2, -0.15) is 13.2 Å². The quantitative estimate of drug-likeness (QED) is 0.903. The van der Waals surface area contributed by atoms with Gasteiger partial charge >= 0.3 is 6.18 Å². The Morgan fingerprint density at radius 2 is 1.92 bits per heavy atom. The lowest BCUT2D eigenvalue weighted by atomic mass is 9.88. The van der Waals surface area contributed by atoms with Crippen LogP contribution in [0.2, 0.25) is 0 Å². The lowest BCUT2D eigenvalue weighted by Crippen LogP contribution is -2.43. The van der Waals surface area contributed by atoms with E-state index in [4.69, 9.17) is 5.73 Å². The van der Waals surface area contributed by atoms with Gasteiger partial charge in [0, 0.05) is 12.2 Å². The molecule has 1 aliphatic heterocycles. The van der Waals surface area contributed by atoms with Crippen molar-refractivity contribution in [3.8, 4) is 0 Å². The second kappa shape index (κ2) is 6.63. The monoisotopic (exact) mass is 363 g/mol. The van der Waals surface area contributed by atoms with Crippen LogP contribution in [0.3, 0.4) is 0 Å². The Kier molecular flexibility index (Phi) is 4.64. The first kappa shape index (κ1) is 18.2. The molecule has 2 aromatic rings. The van der Waals surface area contributed by atoms with E-state index in [9.17, 15) is 18.0 Å². The maximum absolute atomic E-state index is 12.8. The smallest absolute Gasteiger partial charge is 0.397 e. The molecule has 138 valence electrons. The van der Waals surface area contributed by atoms with E-state index in [2.05, 4.69) is 4.98 Å². The van der Waals surface area contributed by atoms with Gasteiger partial charge in [-0.1, -0.05) is 12.1 Å². The number of alkyl halides is 3. The maximum atomic E-state index is 12.8. The molecule has 1 saturated heterocycles. The molecule has 4 nitrogen and oxygen atoms in total. The van der Waals surface area contributed by atoms with Crippen molar-refractivity contribution in [2.45, 2.75) is 37.9 Å². The normalized spacial score (nSPS) is 20.4. The topological polar surface area (TPSA) is 59.2 Å². The van der Waals surface area contributed by atoms with Gasteiger partial charge in [-0.25, -0.2) is 0 Å². The van der Waals surface area contributed by atoms with Gasteiger partial charge in [0.2, 0.25) is 5.91 Å². The summed E-state index contributed by atoms with van der Waals surface area (Å²) in [5.41, 5.74) is 6.15. The highest BCUT2D eigenvalue weighted by atomic mass is 19.4. The fourth-order valence-corrected chi connectivity index (χ4v) is 3.47. The van der Waals surface area contributed by atoms with Crippen LogP contribution in [0.15, 0.2) is 42.6 Å². The summed E-state index contributed by atoms with van der Waals surface area (Å²) in [5.74, 6) is -0.0952. The largest absolute Gasteiger partial charge is 0.416 e. The van der Waals surface area contributed by atoms with Crippen LogP contribution >= 0.6 is 0 Å². The fraction of sp³-hybridized carbons (Fsp3) is 0.368. The van der Waals surface area contributed by atoms with E-state index in [1.54, 1.807) is 17.0 Å². The van der Waals surface area contributed by atoms with Gasteiger partial charge in [0.1, 0.15) is 0 Å². The highest BCUT2D eigenvalue weighted by Gasteiger charge is 2.41. The summed E-state index contributed by atoms with van der Waals surface area (Å²) < 4.78 is 38.4. The number of rotatable bonds is 3. The number of likely N-dealkylation sites (tertiary alicyclic amines) is 1. The van der Waals surface area contributed by atoms with E-state index >= 15 is 0 Å². The van der Waals surface area contributed by atoms with Crippen molar-refractivity contribution < 1.29 is 18.0 Å². The van der Waals surface area contributed by atoms with E-state index in [1.165, 1.54) is 18.3 Å². The summed E-state index contributed by atoms with van der Waals surface area (Å²) in [6.45, 7) is 2.47. The maximum Gasteiger partial charge on any atom is 0.416 e. The number of pyridine rings is 1. The van der Waals surface area contributed by atoms with Crippen molar-refractivity contribution in [1.82, 2.24) is 9.88 Å². The Morgan fingerprint density at radius 1 is 1.23 bits per heavy atom. The highest BCUT2D eigenvalue weighted by molar-refractivity contribution is 5.79. The molecule has 2 heterocycles. The van der Waals surface area contributed by atoms with Crippen molar-refractivity contribution in [1.29, 1.82) is 0 Å². The third-order valence-corrected chi connectivity index (χ3v) is 4.96. The number of aromatic nitrogens is 1. The van der Waals surface area contributed by atoms with Crippen molar-refractivity contribution >= 4 is 11.6 Å². The van der Waals surface area contributed by atoms with E-state index in [1.807, 2.05) is 6.92 Å². The van der Waals surface area contributed by atoms with E-state index in [0.717, 1.165) is 18.6 Å². The summed E-state index contributed by atoms with van der Waals surface area (Å²) in [7, 11) is 0. The molecule has 1 atom stereocenters. The van der Waals surface area contributed by atoms with Gasteiger partial charge in [-0.15, -0.1) is 0 Å². The van der Waals surface area contributed by atoms with Crippen molar-refractivity contribution in [3.63, 3.8) is 0 Å². The average Bonchev–Trinajstić information content (AvgIpc) is 2.99. The number of benzene rings is 1. The van der Waals surface area contributed by atoms with Crippen molar-refractivity contribution in [2.75, 3.05) is 12.3 Å². The molecule has 3 rings (SSSR count). The molecule has 1 unspecified atom stereocenters. The number of nitrogens with zero attached hydrogens (tertiary/aromatic N) is 2. The van der Waals surface area contributed by atoms with Crippen LogP contribution in [-0.2, 0) is 22.9 Å². The van der Waals surface area contributed by atoms with E-state index in [-0.39, 0.29) is 12.3 Å². The minimum absolute atomic E-state index is 0.0952.